The smallest absolute Gasteiger partial charge is 0.251 e. The molecule has 1 aromatic carbocycles. The highest BCUT2D eigenvalue weighted by Crippen LogP contribution is 2.29. The Hall–Kier alpha value is -2.69. The summed E-state index contributed by atoms with van der Waals surface area (Å²) in [5.74, 6) is 0.640. The molecule has 5 nitrogen and oxygen atoms in total. The maximum absolute atomic E-state index is 12.5. The van der Waals surface area contributed by atoms with Crippen molar-refractivity contribution in [2.75, 3.05) is 19.0 Å². The molecule has 0 aliphatic heterocycles. The van der Waals surface area contributed by atoms with Crippen molar-refractivity contribution in [2.45, 2.75) is 25.3 Å². The fraction of sp³-hybridized carbons (Fsp3) is 0.316. The van der Waals surface area contributed by atoms with Gasteiger partial charge < -0.3 is 10.2 Å². The number of hydrogen-bond acceptors (Lipinski definition) is 4. The van der Waals surface area contributed by atoms with Gasteiger partial charge in [-0.2, -0.15) is 0 Å². The number of amides is 1. The van der Waals surface area contributed by atoms with Crippen LogP contribution in [0.2, 0.25) is 0 Å². The van der Waals surface area contributed by atoms with Crippen LogP contribution in [0.5, 0.6) is 0 Å². The second-order valence-corrected chi connectivity index (χ2v) is 6.21. The number of nitrogens with zero attached hydrogens (tertiary/aromatic N) is 3. The average molecular weight is 322 g/mol. The zero-order chi connectivity index (χ0) is 17.1. The summed E-state index contributed by atoms with van der Waals surface area (Å²) in [4.78, 5) is 23.4. The van der Waals surface area contributed by atoms with Crippen LogP contribution in [-0.4, -0.2) is 30.0 Å². The quantitative estimate of drug-likeness (QED) is 0.940. The van der Waals surface area contributed by atoms with Gasteiger partial charge in [-0.15, -0.1) is 0 Å². The summed E-state index contributed by atoms with van der Waals surface area (Å²) in [6.07, 6.45) is 6.46. The van der Waals surface area contributed by atoms with Crippen molar-refractivity contribution in [3.05, 3.63) is 59.4 Å². The number of carbonyl (C=O) groups is 1. The van der Waals surface area contributed by atoms with E-state index in [2.05, 4.69) is 21.9 Å². The summed E-state index contributed by atoms with van der Waals surface area (Å²) in [7, 11) is 3.85. The number of hydrogen-bond donors (Lipinski definition) is 1. The van der Waals surface area contributed by atoms with Crippen LogP contribution >= 0.6 is 0 Å². The molecule has 1 atom stereocenters. The van der Waals surface area contributed by atoms with E-state index >= 15 is 0 Å². The maximum Gasteiger partial charge on any atom is 0.251 e. The van der Waals surface area contributed by atoms with Crippen molar-refractivity contribution >= 4 is 17.9 Å². The van der Waals surface area contributed by atoms with Gasteiger partial charge in [0, 0.05) is 31.4 Å². The van der Waals surface area contributed by atoms with Crippen molar-refractivity contribution < 1.29 is 4.79 Å². The third kappa shape index (κ3) is 3.30. The molecule has 1 heterocycles. The normalized spacial score (nSPS) is 16.2. The molecule has 0 bridgehead atoms. The van der Waals surface area contributed by atoms with E-state index in [-0.39, 0.29) is 11.9 Å². The highest BCUT2D eigenvalue weighted by atomic mass is 16.1. The molecule has 124 valence electrons. The van der Waals surface area contributed by atoms with Crippen LogP contribution in [0.4, 0.5) is 5.95 Å². The third-order valence-corrected chi connectivity index (χ3v) is 4.28. The fourth-order valence-electron chi connectivity index (χ4n) is 2.91. The van der Waals surface area contributed by atoms with Crippen molar-refractivity contribution in [3.63, 3.8) is 0 Å². The minimum Gasteiger partial charge on any atom is -0.347 e. The SMILES string of the molecule is C=Cc1ccc(C(=O)N[C@H]2CCCc3nc(N(C)C)ncc32)cc1. The Bertz CT molecular complexity index is 752. The lowest BCUT2D eigenvalue weighted by atomic mass is 9.92. The van der Waals surface area contributed by atoms with Gasteiger partial charge in [-0.05, 0) is 37.0 Å². The van der Waals surface area contributed by atoms with E-state index in [4.69, 9.17) is 0 Å². The maximum atomic E-state index is 12.5. The fourth-order valence-corrected chi connectivity index (χ4v) is 2.91. The summed E-state index contributed by atoms with van der Waals surface area (Å²) >= 11 is 0. The van der Waals surface area contributed by atoms with Gasteiger partial charge in [0.2, 0.25) is 5.95 Å². The van der Waals surface area contributed by atoms with Gasteiger partial charge in [0.15, 0.2) is 0 Å². The molecule has 0 saturated heterocycles. The van der Waals surface area contributed by atoms with Crippen LogP contribution in [0.25, 0.3) is 6.08 Å². The Morgan fingerprint density at radius 2 is 2.08 bits per heavy atom. The summed E-state index contributed by atoms with van der Waals surface area (Å²) < 4.78 is 0. The van der Waals surface area contributed by atoms with Gasteiger partial charge >= 0.3 is 0 Å². The molecule has 0 saturated carbocycles. The van der Waals surface area contributed by atoms with E-state index in [1.165, 1.54) is 0 Å². The average Bonchev–Trinajstić information content (AvgIpc) is 2.61. The van der Waals surface area contributed by atoms with Gasteiger partial charge in [0.1, 0.15) is 0 Å². The van der Waals surface area contributed by atoms with Crippen molar-refractivity contribution in [2.24, 2.45) is 0 Å². The molecule has 3 rings (SSSR count). The van der Waals surface area contributed by atoms with Crippen LogP contribution in [0.3, 0.4) is 0 Å². The van der Waals surface area contributed by atoms with Crippen molar-refractivity contribution in [1.82, 2.24) is 15.3 Å². The number of anilines is 1. The van der Waals surface area contributed by atoms with Crippen molar-refractivity contribution in [1.29, 1.82) is 0 Å². The zero-order valence-electron chi connectivity index (χ0n) is 14.1. The summed E-state index contributed by atoms with van der Waals surface area (Å²) in [5.41, 5.74) is 3.72. The predicted octanol–water partition coefficient (Wildman–Crippen LogP) is 2.99. The third-order valence-electron chi connectivity index (χ3n) is 4.28. The van der Waals surface area contributed by atoms with Gasteiger partial charge in [0.05, 0.1) is 11.7 Å². The van der Waals surface area contributed by atoms with E-state index in [0.717, 1.165) is 36.1 Å². The molecular formula is C19H22N4O. The molecule has 0 spiro atoms. The topological polar surface area (TPSA) is 58.1 Å². The van der Waals surface area contributed by atoms with Gasteiger partial charge in [0.25, 0.3) is 5.91 Å². The monoisotopic (exact) mass is 322 g/mol. The standard InChI is InChI=1S/C19H22N4O/c1-4-13-8-10-14(11-9-13)18(24)21-16-6-5-7-17-15(16)12-20-19(22-17)23(2)3/h4,8-12,16H,1,5-7H2,2-3H3,(H,21,24)/t16-/m0/s1. The van der Waals surface area contributed by atoms with Crippen LogP contribution < -0.4 is 10.2 Å². The highest BCUT2D eigenvalue weighted by Gasteiger charge is 2.24. The second kappa shape index (κ2) is 6.83. The Morgan fingerprint density at radius 3 is 2.75 bits per heavy atom. The molecule has 0 unspecified atom stereocenters. The first kappa shape index (κ1) is 16.2. The Kier molecular flexibility index (Phi) is 4.60. The molecule has 0 radical (unpaired) electrons. The molecule has 1 N–H and O–H groups in total. The van der Waals surface area contributed by atoms with E-state index in [0.29, 0.717) is 11.5 Å². The first-order valence-electron chi connectivity index (χ1n) is 8.15. The van der Waals surface area contributed by atoms with Crippen molar-refractivity contribution in [3.8, 4) is 0 Å². The summed E-state index contributed by atoms with van der Waals surface area (Å²) in [6.45, 7) is 3.73. The summed E-state index contributed by atoms with van der Waals surface area (Å²) in [5, 5.41) is 3.12. The molecule has 1 aliphatic rings. The molecule has 5 heteroatoms. The number of rotatable bonds is 4. The van der Waals surface area contributed by atoms with Gasteiger partial charge in [-0.25, -0.2) is 9.97 Å². The largest absolute Gasteiger partial charge is 0.347 e. The lowest BCUT2D eigenvalue weighted by molar-refractivity contribution is 0.0932. The molecule has 1 aliphatic carbocycles. The number of aryl methyl sites for hydroxylation is 1. The Labute approximate surface area is 142 Å². The lowest BCUT2D eigenvalue weighted by Crippen LogP contribution is -2.31. The molecular weight excluding hydrogens is 300 g/mol. The molecule has 24 heavy (non-hydrogen) atoms. The van der Waals surface area contributed by atoms with E-state index < -0.39 is 0 Å². The first-order valence-corrected chi connectivity index (χ1v) is 8.15. The van der Waals surface area contributed by atoms with Gasteiger partial charge in [-0.1, -0.05) is 24.8 Å². The minimum atomic E-state index is -0.0693. The molecule has 1 amide bonds. The van der Waals surface area contributed by atoms with Crippen LogP contribution in [0.15, 0.2) is 37.0 Å². The van der Waals surface area contributed by atoms with Gasteiger partial charge in [-0.3, -0.25) is 4.79 Å². The second-order valence-electron chi connectivity index (χ2n) is 6.21. The van der Waals surface area contributed by atoms with E-state index in [1.807, 2.05) is 49.5 Å². The molecule has 2 aromatic rings. The number of aromatic nitrogens is 2. The van der Waals surface area contributed by atoms with Crippen LogP contribution in [0, 0.1) is 0 Å². The molecule has 1 aromatic heterocycles. The minimum absolute atomic E-state index is 0.0310. The summed E-state index contributed by atoms with van der Waals surface area (Å²) in [6, 6.07) is 7.40. The van der Waals surface area contributed by atoms with E-state index in [1.54, 1.807) is 6.08 Å². The lowest BCUT2D eigenvalue weighted by Gasteiger charge is -2.26. The Balaban J connectivity index is 1.79. The van der Waals surface area contributed by atoms with Crippen LogP contribution in [-0.2, 0) is 6.42 Å². The number of benzene rings is 1. The number of nitrogens with one attached hydrogen (secondary N) is 1. The first-order chi connectivity index (χ1) is 11.6. The number of fused-ring (bicyclic) bond motifs is 1. The predicted molar refractivity (Wildman–Crippen MR) is 96.0 cm³/mol. The Morgan fingerprint density at radius 1 is 1.33 bits per heavy atom. The zero-order valence-corrected chi connectivity index (χ0v) is 14.1. The highest BCUT2D eigenvalue weighted by molar-refractivity contribution is 5.94. The van der Waals surface area contributed by atoms with E-state index in [9.17, 15) is 4.79 Å². The van der Waals surface area contributed by atoms with Crippen LogP contribution in [0.1, 0.15) is 46.1 Å². The molecule has 0 fully saturated rings. The number of carbonyl (C=O) groups excluding carboxylic acids is 1.